The Morgan fingerprint density at radius 1 is 1.31 bits per heavy atom. The predicted molar refractivity (Wildman–Crippen MR) is 66.0 cm³/mol. The second kappa shape index (κ2) is 6.28. The first kappa shape index (κ1) is 12.7. The Balaban J connectivity index is 2.40. The first-order chi connectivity index (χ1) is 7.59. The van der Waals surface area contributed by atoms with E-state index in [2.05, 4.69) is 19.2 Å². The van der Waals surface area contributed by atoms with Crippen LogP contribution in [0.15, 0.2) is 30.3 Å². The molecule has 0 spiro atoms. The van der Waals surface area contributed by atoms with Gasteiger partial charge in [0, 0.05) is 6.54 Å². The van der Waals surface area contributed by atoms with Gasteiger partial charge in [0.2, 0.25) is 5.91 Å². The number of carbonyl (C=O) groups is 1. The van der Waals surface area contributed by atoms with E-state index in [1.54, 1.807) is 0 Å². The van der Waals surface area contributed by atoms with Crippen LogP contribution in [0.5, 0.6) is 0 Å². The van der Waals surface area contributed by atoms with Gasteiger partial charge in [-0.2, -0.15) is 0 Å². The Kier molecular flexibility index (Phi) is 4.99. The summed E-state index contributed by atoms with van der Waals surface area (Å²) in [6.45, 7) is 4.80. The molecule has 0 saturated heterocycles. The molecule has 0 radical (unpaired) electrons. The Bertz CT molecular complexity index is 322. The standard InChI is InChI=1S/C13H20N2O/c1-10(2)9-15-13(16)12(14)8-11-6-4-3-5-7-11/h3-7,10,12H,8-9,14H2,1-2H3,(H,15,16)/t12-/m1/s1. The lowest BCUT2D eigenvalue weighted by Crippen LogP contribution is -2.43. The highest BCUT2D eigenvalue weighted by Crippen LogP contribution is 2.01. The summed E-state index contributed by atoms with van der Waals surface area (Å²) in [5.41, 5.74) is 6.92. The normalized spacial score (nSPS) is 12.5. The molecular formula is C13H20N2O. The summed E-state index contributed by atoms with van der Waals surface area (Å²) in [5.74, 6) is 0.380. The number of amides is 1. The Hall–Kier alpha value is -1.35. The Morgan fingerprint density at radius 3 is 2.50 bits per heavy atom. The molecule has 1 rings (SSSR count). The van der Waals surface area contributed by atoms with Crippen LogP contribution in [0, 0.1) is 5.92 Å². The van der Waals surface area contributed by atoms with E-state index in [1.165, 1.54) is 0 Å². The fourth-order valence-corrected chi connectivity index (χ4v) is 1.40. The minimum absolute atomic E-state index is 0.0717. The monoisotopic (exact) mass is 220 g/mol. The van der Waals surface area contributed by atoms with E-state index >= 15 is 0 Å². The third kappa shape index (κ3) is 4.45. The average molecular weight is 220 g/mol. The molecule has 0 fully saturated rings. The van der Waals surface area contributed by atoms with Crippen LogP contribution >= 0.6 is 0 Å². The molecule has 3 heteroatoms. The molecule has 1 atom stereocenters. The second-order valence-corrected chi connectivity index (χ2v) is 4.44. The third-order valence-electron chi connectivity index (χ3n) is 2.32. The first-order valence-electron chi connectivity index (χ1n) is 5.67. The van der Waals surface area contributed by atoms with Crippen LogP contribution in [0.1, 0.15) is 19.4 Å². The number of nitrogens with two attached hydrogens (primary N) is 1. The second-order valence-electron chi connectivity index (χ2n) is 4.44. The zero-order chi connectivity index (χ0) is 12.0. The van der Waals surface area contributed by atoms with Gasteiger partial charge in [0.25, 0.3) is 0 Å². The van der Waals surface area contributed by atoms with Gasteiger partial charge in [-0.3, -0.25) is 4.79 Å². The maximum atomic E-state index is 11.6. The number of hydrogen-bond acceptors (Lipinski definition) is 2. The van der Waals surface area contributed by atoms with Crippen molar-refractivity contribution in [1.29, 1.82) is 0 Å². The molecule has 3 N–H and O–H groups in total. The number of benzene rings is 1. The highest BCUT2D eigenvalue weighted by Gasteiger charge is 2.13. The summed E-state index contributed by atoms with van der Waals surface area (Å²) in [7, 11) is 0. The molecule has 0 saturated carbocycles. The van der Waals surface area contributed by atoms with E-state index in [-0.39, 0.29) is 5.91 Å². The molecular weight excluding hydrogens is 200 g/mol. The largest absolute Gasteiger partial charge is 0.354 e. The van der Waals surface area contributed by atoms with E-state index in [0.717, 1.165) is 5.56 Å². The minimum atomic E-state index is -0.457. The number of hydrogen-bond donors (Lipinski definition) is 2. The minimum Gasteiger partial charge on any atom is -0.354 e. The third-order valence-corrected chi connectivity index (χ3v) is 2.32. The van der Waals surface area contributed by atoms with Crippen LogP contribution in [0.25, 0.3) is 0 Å². The lowest BCUT2D eigenvalue weighted by atomic mass is 10.1. The van der Waals surface area contributed by atoms with Gasteiger partial charge in [-0.25, -0.2) is 0 Å². The van der Waals surface area contributed by atoms with Gasteiger partial charge in [-0.05, 0) is 17.9 Å². The topological polar surface area (TPSA) is 55.1 Å². The summed E-state index contributed by atoms with van der Waals surface area (Å²) in [5, 5.41) is 2.84. The molecule has 3 nitrogen and oxygen atoms in total. The van der Waals surface area contributed by atoms with Gasteiger partial charge in [0.1, 0.15) is 0 Å². The molecule has 1 amide bonds. The first-order valence-corrected chi connectivity index (χ1v) is 5.67. The molecule has 0 aliphatic heterocycles. The molecule has 88 valence electrons. The quantitative estimate of drug-likeness (QED) is 0.786. The van der Waals surface area contributed by atoms with Crippen molar-refractivity contribution in [2.75, 3.05) is 6.54 Å². The fourth-order valence-electron chi connectivity index (χ4n) is 1.40. The highest BCUT2D eigenvalue weighted by molar-refractivity contribution is 5.81. The van der Waals surface area contributed by atoms with E-state index in [4.69, 9.17) is 5.73 Å². The van der Waals surface area contributed by atoms with Crippen LogP contribution in [-0.4, -0.2) is 18.5 Å². The summed E-state index contributed by atoms with van der Waals surface area (Å²) in [6, 6.07) is 9.36. The lowest BCUT2D eigenvalue weighted by Gasteiger charge is -2.13. The smallest absolute Gasteiger partial charge is 0.237 e. The zero-order valence-corrected chi connectivity index (χ0v) is 9.94. The SMILES string of the molecule is CC(C)CNC(=O)[C@H](N)Cc1ccccc1. The van der Waals surface area contributed by atoms with Gasteiger partial charge >= 0.3 is 0 Å². The summed E-state index contributed by atoms with van der Waals surface area (Å²) < 4.78 is 0. The van der Waals surface area contributed by atoms with E-state index < -0.39 is 6.04 Å². The van der Waals surface area contributed by atoms with Gasteiger partial charge < -0.3 is 11.1 Å². The van der Waals surface area contributed by atoms with Gasteiger partial charge in [-0.15, -0.1) is 0 Å². The van der Waals surface area contributed by atoms with Crippen molar-refractivity contribution in [2.45, 2.75) is 26.3 Å². The Morgan fingerprint density at radius 2 is 1.94 bits per heavy atom. The lowest BCUT2D eigenvalue weighted by molar-refractivity contribution is -0.122. The van der Waals surface area contributed by atoms with Crippen LogP contribution in [-0.2, 0) is 11.2 Å². The molecule has 0 bridgehead atoms. The van der Waals surface area contributed by atoms with E-state index in [1.807, 2.05) is 30.3 Å². The predicted octanol–water partition coefficient (Wildman–Crippen LogP) is 1.33. The van der Waals surface area contributed by atoms with Crippen molar-refractivity contribution in [3.63, 3.8) is 0 Å². The molecule has 0 unspecified atom stereocenters. The van der Waals surface area contributed by atoms with Crippen molar-refractivity contribution in [1.82, 2.24) is 5.32 Å². The summed E-state index contributed by atoms with van der Waals surface area (Å²) in [4.78, 5) is 11.6. The molecule has 1 aromatic rings. The number of carbonyl (C=O) groups excluding carboxylic acids is 1. The number of nitrogens with one attached hydrogen (secondary N) is 1. The molecule has 0 aliphatic rings. The van der Waals surface area contributed by atoms with Gasteiger partial charge in [0.05, 0.1) is 6.04 Å². The van der Waals surface area contributed by atoms with Crippen LogP contribution in [0.4, 0.5) is 0 Å². The highest BCUT2D eigenvalue weighted by atomic mass is 16.2. The van der Waals surface area contributed by atoms with Crippen molar-refractivity contribution in [3.05, 3.63) is 35.9 Å². The van der Waals surface area contributed by atoms with E-state index in [9.17, 15) is 4.79 Å². The van der Waals surface area contributed by atoms with Crippen LogP contribution in [0.2, 0.25) is 0 Å². The van der Waals surface area contributed by atoms with Crippen molar-refractivity contribution >= 4 is 5.91 Å². The van der Waals surface area contributed by atoms with Gasteiger partial charge in [0.15, 0.2) is 0 Å². The van der Waals surface area contributed by atoms with Crippen molar-refractivity contribution in [2.24, 2.45) is 11.7 Å². The maximum absolute atomic E-state index is 11.6. The Labute approximate surface area is 97.0 Å². The molecule has 0 aliphatic carbocycles. The number of rotatable bonds is 5. The van der Waals surface area contributed by atoms with Crippen molar-refractivity contribution < 1.29 is 4.79 Å². The van der Waals surface area contributed by atoms with Crippen molar-refractivity contribution in [3.8, 4) is 0 Å². The van der Waals surface area contributed by atoms with Crippen LogP contribution in [0.3, 0.4) is 0 Å². The zero-order valence-electron chi connectivity index (χ0n) is 9.94. The van der Waals surface area contributed by atoms with Crippen LogP contribution < -0.4 is 11.1 Å². The molecule has 16 heavy (non-hydrogen) atoms. The summed E-state index contributed by atoms with van der Waals surface area (Å²) in [6.07, 6.45) is 0.588. The average Bonchev–Trinajstić information content (AvgIpc) is 2.27. The maximum Gasteiger partial charge on any atom is 0.237 e. The fraction of sp³-hybridized carbons (Fsp3) is 0.462. The van der Waals surface area contributed by atoms with Gasteiger partial charge in [-0.1, -0.05) is 44.2 Å². The summed E-state index contributed by atoms with van der Waals surface area (Å²) >= 11 is 0. The molecule has 0 heterocycles. The van der Waals surface area contributed by atoms with E-state index in [0.29, 0.717) is 18.9 Å². The molecule has 0 aromatic heterocycles. The molecule has 1 aromatic carbocycles.